The molecular formula is C24H22F3NO4. The van der Waals surface area contributed by atoms with E-state index in [0.29, 0.717) is 22.5 Å². The van der Waals surface area contributed by atoms with Gasteiger partial charge in [0.2, 0.25) is 5.78 Å². The third kappa shape index (κ3) is 5.38. The first-order valence-electron chi connectivity index (χ1n) is 9.88. The number of carbonyl (C=O) groups excluding carboxylic acids is 2. The van der Waals surface area contributed by atoms with Gasteiger partial charge in [-0.2, -0.15) is 8.78 Å². The fraction of sp³-hybridized carbons (Fsp3) is 0.250. The topological polar surface area (TPSA) is 57.5 Å². The van der Waals surface area contributed by atoms with Gasteiger partial charge in [-0.3, -0.25) is 9.59 Å². The summed E-state index contributed by atoms with van der Waals surface area (Å²) >= 11 is 0. The number of carbonyl (C=O) groups is 2. The molecule has 168 valence electrons. The van der Waals surface area contributed by atoms with Crippen LogP contribution in [0.3, 0.4) is 0 Å². The second-order valence-electron chi connectivity index (χ2n) is 7.29. The first-order valence-corrected chi connectivity index (χ1v) is 9.88. The number of hydrogen-bond acceptors (Lipinski definition) is 4. The summed E-state index contributed by atoms with van der Waals surface area (Å²) in [5.74, 6) is -1.34. The molecule has 2 aromatic carbocycles. The summed E-state index contributed by atoms with van der Waals surface area (Å²) in [6.07, 6.45) is -1.09. The number of ketones is 1. The zero-order valence-corrected chi connectivity index (χ0v) is 17.8. The van der Waals surface area contributed by atoms with Gasteiger partial charge in [-0.05, 0) is 68.8 Å². The Bertz CT molecular complexity index is 1110. The molecule has 0 spiro atoms. The van der Waals surface area contributed by atoms with Crippen LogP contribution in [0.5, 0.6) is 5.75 Å². The highest BCUT2D eigenvalue weighted by Crippen LogP contribution is 2.25. The van der Waals surface area contributed by atoms with E-state index in [1.807, 2.05) is 0 Å². The predicted molar refractivity (Wildman–Crippen MR) is 112 cm³/mol. The van der Waals surface area contributed by atoms with Crippen molar-refractivity contribution in [1.29, 1.82) is 0 Å². The van der Waals surface area contributed by atoms with Crippen LogP contribution in [-0.2, 0) is 16.0 Å². The number of esters is 1. The van der Waals surface area contributed by atoms with E-state index in [1.54, 1.807) is 36.6 Å². The van der Waals surface area contributed by atoms with E-state index >= 15 is 0 Å². The molecule has 1 unspecified atom stereocenters. The van der Waals surface area contributed by atoms with E-state index in [4.69, 9.17) is 4.74 Å². The van der Waals surface area contributed by atoms with E-state index in [-0.39, 0.29) is 18.0 Å². The van der Waals surface area contributed by atoms with E-state index in [2.05, 4.69) is 4.74 Å². The van der Waals surface area contributed by atoms with Crippen molar-refractivity contribution in [2.45, 2.75) is 39.9 Å². The van der Waals surface area contributed by atoms with Crippen LogP contribution < -0.4 is 4.74 Å². The number of aryl methyl sites for hydroxylation is 1. The number of halogens is 3. The summed E-state index contributed by atoms with van der Waals surface area (Å²) < 4.78 is 49.1. The highest BCUT2D eigenvalue weighted by Gasteiger charge is 2.24. The molecule has 0 aliphatic carbocycles. The Hall–Kier alpha value is -3.55. The number of ether oxygens (including phenoxy) is 2. The van der Waals surface area contributed by atoms with Crippen LogP contribution in [0.4, 0.5) is 13.2 Å². The maximum absolute atomic E-state index is 13.0. The average Bonchev–Trinajstić information content (AvgIpc) is 3.03. The fourth-order valence-corrected chi connectivity index (χ4v) is 3.47. The zero-order chi connectivity index (χ0) is 23.4. The second kappa shape index (κ2) is 9.72. The predicted octanol–water partition coefficient (Wildman–Crippen LogP) is 5.19. The number of alkyl halides is 2. The summed E-state index contributed by atoms with van der Waals surface area (Å²) in [4.78, 5) is 25.1. The zero-order valence-electron chi connectivity index (χ0n) is 17.8. The first kappa shape index (κ1) is 23.1. The SMILES string of the molecule is Cc1cc(C(=O)C(C)OC(=O)Cc2ccc(F)cc2)c(C)n1-c1ccc(OC(F)F)cc1. The summed E-state index contributed by atoms with van der Waals surface area (Å²) in [7, 11) is 0. The average molecular weight is 445 g/mol. The Morgan fingerprint density at radius 1 is 1.00 bits per heavy atom. The van der Waals surface area contributed by atoms with E-state index in [9.17, 15) is 22.8 Å². The minimum absolute atomic E-state index is 0.0317. The van der Waals surface area contributed by atoms with Crippen molar-refractivity contribution >= 4 is 11.8 Å². The standard InChI is InChI=1S/C24H22F3NO4/c1-14-12-21(15(2)28(14)19-8-10-20(11-9-19)32-24(26)27)23(30)16(3)31-22(29)13-17-4-6-18(25)7-5-17/h4-12,16,24H,13H2,1-3H3. The molecule has 8 heteroatoms. The lowest BCUT2D eigenvalue weighted by Gasteiger charge is -2.14. The number of benzene rings is 2. The van der Waals surface area contributed by atoms with Gasteiger partial charge in [-0.25, -0.2) is 4.39 Å². The van der Waals surface area contributed by atoms with Gasteiger partial charge >= 0.3 is 12.6 Å². The van der Waals surface area contributed by atoms with E-state index in [1.165, 1.54) is 43.3 Å². The monoisotopic (exact) mass is 445 g/mol. The summed E-state index contributed by atoms with van der Waals surface area (Å²) in [6.45, 7) is 2.13. The highest BCUT2D eigenvalue weighted by molar-refractivity contribution is 6.01. The molecule has 0 bridgehead atoms. The lowest BCUT2D eigenvalue weighted by atomic mass is 10.1. The summed E-state index contributed by atoms with van der Waals surface area (Å²) in [6, 6.07) is 13.2. The summed E-state index contributed by atoms with van der Waals surface area (Å²) in [5.41, 5.74) is 3.00. The molecule has 32 heavy (non-hydrogen) atoms. The van der Waals surface area contributed by atoms with Gasteiger partial charge < -0.3 is 14.0 Å². The highest BCUT2D eigenvalue weighted by atomic mass is 19.3. The molecule has 3 rings (SSSR count). The molecule has 5 nitrogen and oxygen atoms in total. The van der Waals surface area contributed by atoms with Crippen LogP contribution in [-0.4, -0.2) is 29.0 Å². The van der Waals surface area contributed by atoms with Gasteiger partial charge in [0.15, 0.2) is 6.10 Å². The van der Waals surface area contributed by atoms with Crippen LogP contribution in [0.1, 0.15) is 34.2 Å². The Morgan fingerprint density at radius 2 is 1.62 bits per heavy atom. The Morgan fingerprint density at radius 3 is 2.22 bits per heavy atom. The molecule has 1 aromatic heterocycles. The van der Waals surface area contributed by atoms with Crippen molar-refractivity contribution in [2.24, 2.45) is 0 Å². The lowest BCUT2D eigenvalue weighted by Crippen LogP contribution is -2.25. The van der Waals surface area contributed by atoms with Crippen molar-refractivity contribution in [1.82, 2.24) is 4.57 Å². The van der Waals surface area contributed by atoms with Gasteiger partial charge in [0.05, 0.1) is 6.42 Å². The Kier molecular flexibility index (Phi) is 7.02. The van der Waals surface area contributed by atoms with Gasteiger partial charge in [0.1, 0.15) is 11.6 Å². The van der Waals surface area contributed by atoms with Crippen molar-refractivity contribution in [2.75, 3.05) is 0 Å². The first-order chi connectivity index (χ1) is 15.2. The van der Waals surface area contributed by atoms with Gasteiger partial charge in [0.25, 0.3) is 0 Å². The number of Topliss-reactive ketones (excluding diaryl/α,β-unsaturated/α-hetero) is 1. The Balaban J connectivity index is 1.73. The van der Waals surface area contributed by atoms with Crippen LogP contribution in [0.2, 0.25) is 0 Å². The molecule has 0 fully saturated rings. The van der Waals surface area contributed by atoms with Gasteiger partial charge in [-0.15, -0.1) is 0 Å². The van der Waals surface area contributed by atoms with Crippen LogP contribution >= 0.6 is 0 Å². The van der Waals surface area contributed by atoms with Gasteiger partial charge in [-0.1, -0.05) is 12.1 Å². The molecule has 1 atom stereocenters. The molecule has 0 amide bonds. The molecule has 1 heterocycles. The quantitative estimate of drug-likeness (QED) is 0.354. The number of hydrogen-bond donors (Lipinski definition) is 0. The minimum atomic E-state index is -2.91. The third-order valence-electron chi connectivity index (χ3n) is 4.96. The van der Waals surface area contributed by atoms with E-state index in [0.717, 1.165) is 5.69 Å². The molecule has 3 aromatic rings. The maximum atomic E-state index is 13.0. The van der Waals surface area contributed by atoms with Crippen LogP contribution in [0.25, 0.3) is 5.69 Å². The van der Waals surface area contributed by atoms with Crippen molar-refractivity contribution in [3.8, 4) is 11.4 Å². The maximum Gasteiger partial charge on any atom is 0.387 e. The van der Waals surface area contributed by atoms with E-state index < -0.39 is 24.5 Å². The largest absolute Gasteiger partial charge is 0.454 e. The third-order valence-corrected chi connectivity index (χ3v) is 4.96. The van der Waals surface area contributed by atoms with Crippen molar-refractivity contribution in [3.05, 3.63) is 82.9 Å². The Labute approximate surface area is 183 Å². The lowest BCUT2D eigenvalue weighted by molar-refractivity contribution is -0.145. The minimum Gasteiger partial charge on any atom is -0.454 e. The van der Waals surface area contributed by atoms with Crippen molar-refractivity contribution < 1.29 is 32.2 Å². The fourth-order valence-electron chi connectivity index (χ4n) is 3.47. The number of rotatable bonds is 8. The molecule has 0 saturated carbocycles. The summed E-state index contributed by atoms with van der Waals surface area (Å²) in [5, 5.41) is 0. The molecule has 0 radical (unpaired) electrons. The normalized spacial score (nSPS) is 12.0. The second-order valence-corrected chi connectivity index (χ2v) is 7.29. The smallest absolute Gasteiger partial charge is 0.387 e. The number of aromatic nitrogens is 1. The van der Waals surface area contributed by atoms with Crippen LogP contribution in [0, 0.1) is 19.7 Å². The molecule has 0 N–H and O–H groups in total. The van der Waals surface area contributed by atoms with Crippen LogP contribution in [0.15, 0.2) is 54.6 Å². The molecule has 0 saturated heterocycles. The molecule has 0 aliphatic heterocycles. The number of nitrogens with zero attached hydrogens (tertiary/aromatic N) is 1. The van der Waals surface area contributed by atoms with Crippen molar-refractivity contribution in [3.63, 3.8) is 0 Å². The van der Waals surface area contributed by atoms with Gasteiger partial charge in [0, 0.05) is 22.6 Å². The molecular weight excluding hydrogens is 423 g/mol. The molecule has 0 aliphatic rings.